The smallest absolute Gasteiger partial charge is 0.252 e. The van der Waals surface area contributed by atoms with Crippen LogP contribution in [0.1, 0.15) is 87.1 Å². The summed E-state index contributed by atoms with van der Waals surface area (Å²) in [5.74, 6) is 0.646. The summed E-state index contributed by atoms with van der Waals surface area (Å²) in [6.07, 6.45) is 12.9. The molecule has 5 nitrogen and oxygen atoms in total. The Bertz CT molecular complexity index is 1240. The molecule has 1 N–H and O–H groups in total. The second-order valence-corrected chi connectivity index (χ2v) is 13.0. The van der Waals surface area contributed by atoms with Crippen LogP contribution in [0.25, 0.3) is 21.5 Å². The average Bonchev–Trinajstić information content (AvgIpc) is 3.53. The molecule has 6 heteroatoms. The minimum absolute atomic E-state index is 0.0719. The molecular weight excluding hydrogens is 500 g/mol. The second kappa shape index (κ2) is 12.5. The van der Waals surface area contributed by atoms with Gasteiger partial charge < -0.3 is 10.2 Å². The number of nitrogens with zero attached hydrogens (tertiary/aromatic N) is 3. The number of carbonyl (C=O) groups excluding carboxylic acids is 1. The molecule has 1 aliphatic carbocycles. The van der Waals surface area contributed by atoms with Gasteiger partial charge in [-0.3, -0.25) is 9.69 Å². The molecule has 208 valence electrons. The summed E-state index contributed by atoms with van der Waals surface area (Å²) < 4.78 is 0. The van der Waals surface area contributed by atoms with Gasteiger partial charge in [0.2, 0.25) is 0 Å². The van der Waals surface area contributed by atoms with Crippen molar-refractivity contribution in [2.45, 2.75) is 89.8 Å². The Morgan fingerprint density at radius 2 is 1.69 bits per heavy atom. The van der Waals surface area contributed by atoms with E-state index in [2.05, 4.69) is 51.7 Å². The van der Waals surface area contributed by atoms with Gasteiger partial charge in [-0.25, -0.2) is 4.98 Å². The Labute approximate surface area is 238 Å². The first-order chi connectivity index (χ1) is 19.2. The van der Waals surface area contributed by atoms with Crippen molar-refractivity contribution in [1.29, 1.82) is 0 Å². The van der Waals surface area contributed by atoms with Crippen LogP contribution in [-0.2, 0) is 6.54 Å². The van der Waals surface area contributed by atoms with Crippen LogP contribution in [0.3, 0.4) is 0 Å². The van der Waals surface area contributed by atoms with Gasteiger partial charge in [0.15, 0.2) is 0 Å². The maximum absolute atomic E-state index is 14.2. The van der Waals surface area contributed by atoms with Gasteiger partial charge in [-0.2, -0.15) is 0 Å². The number of pyridine rings is 1. The van der Waals surface area contributed by atoms with Gasteiger partial charge in [0.05, 0.1) is 21.7 Å². The van der Waals surface area contributed by atoms with Crippen molar-refractivity contribution < 1.29 is 4.79 Å². The number of rotatable bonds is 7. The van der Waals surface area contributed by atoms with Gasteiger partial charge in [-0.15, -0.1) is 11.3 Å². The lowest BCUT2D eigenvalue weighted by atomic mass is 9.84. The van der Waals surface area contributed by atoms with Gasteiger partial charge >= 0.3 is 0 Å². The molecule has 0 unspecified atom stereocenters. The molecular formula is C33H44N4OS. The van der Waals surface area contributed by atoms with Gasteiger partial charge in [0.1, 0.15) is 0 Å². The van der Waals surface area contributed by atoms with Gasteiger partial charge in [-0.05, 0) is 95.1 Å². The predicted octanol–water partition coefficient (Wildman–Crippen LogP) is 7.11. The molecule has 1 saturated carbocycles. The quantitative estimate of drug-likeness (QED) is 0.344. The number of amides is 1. The summed E-state index contributed by atoms with van der Waals surface area (Å²) in [6, 6.07) is 13.4. The van der Waals surface area contributed by atoms with E-state index in [9.17, 15) is 4.79 Å². The van der Waals surface area contributed by atoms with Crippen LogP contribution in [0.5, 0.6) is 0 Å². The molecule has 0 radical (unpaired) electrons. The highest BCUT2D eigenvalue weighted by molar-refractivity contribution is 7.13. The number of thiophene rings is 1. The molecule has 2 aliphatic heterocycles. The first-order valence-electron chi connectivity index (χ1n) is 15.4. The third-order valence-corrected chi connectivity index (χ3v) is 10.4. The van der Waals surface area contributed by atoms with E-state index in [1.807, 2.05) is 12.1 Å². The molecule has 3 aromatic rings. The molecule has 3 aliphatic rings. The SMILES string of the molecule is C[C@@H](NC(=O)c1c(CN2CCC(N3CCCCC3)CC2)c(-c2cccs2)nc2ccccc12)C1CCCCC1. The van der Waals surface area contributed by atoms with Crippen molar-refractivity contribution in [2.75, 3.05) is 26.2 Å². The zero-order chi connectivity index (χ0) is 26.6. The van der Waals surface area contributed by atoms with Crippen LogP contribution in [0.2, 0.25) is 0 Å². The number of hydrogen-bond donors (Lipinski definition) is 1. The number of fused-ring (bicyclic) bond motifs is 1. The van der Waals surface area contributed by atoms with E-state index < -0.39 is 0 Å². The number of piperidine rings is 2. The summed E-state index contributed by atoms with van der Waals surface area (Å²) in [5.41, 5.74) is 3.83. The molecule has 4 heterocycles. The normalized spacial score (nSPS) is 21.3. The Kier molecular flexibility index (Phi) is 8.62. The van der Waals surface area contributed by atoms with Crippen LogP contribution in [0.15, 0.2) is 41.8 Å². The summed E-state index contributed by atoms with van der Waals surface area (Å²) in [5, 5.41) is 6.56. The van der Waals surface area contributed by atoms with Gasteiger partial charge in [0.25, 0.3) is 5.91 Å². The Hall–Kier alpha value is -2.28. The highest BCUT2D eigenvalue weighted by Crippen LogP contribution is 2.35. The first kappa shape index (κ1) is 26.9. The fraction of sp³-hybridized carbons (Fsp3) is 0.576. The van der Waals surface area contributed by atoms with Crippen molar-refractivity contribution in [3.8, 4) is 10.6 Å². The molecule has 1 amide bonds. The average molecular weight is 545 g/mol. The summed E-state index contributed by atoms with van der Waals surface area (Å²) >= 11 is 1.72. The minimum atomic E-state index is 0.0719. The zero-order valence-corrected chi connectivity index (χ0v) is 24.4. The zero-order valence-electron chi connectivity index (χ0n) is 23.5. The lowest BCUT2D eigenvalue weighted by Gasteiger charge is -2.40. The van der Waals surface area contributed by atoms with Crippen LogP contribution in [0, 0.1) is 5.92 Å². The number of para-hydroxylation sites is 1. The number of benzene rings is 1. The largest absolute Gasteiger partial charge is 0.349 e. The summed E-state index contributed by atoms with van der Waals surface area (Å²) in [4.78, 5) is 25.8. The Morgan fingerprint density at radius 1 is 0.949 bits per heavy atom. The maximum Gasteiger partial charge on any atom is 0.252 e. The fourth-order valence-electron chi connectivity index (χ4n) is 7.26. The van der Waals surface area contributed by atoms with Crippen LogP contribution in [0.4, 0.5) is 0 Å². The van der Waals surface area contributed by atoms with E-state index in [1.165, 1.54) is 77.3 Å². The van der Waals surface area contributed by atoms with Crippen molar-refractivity contribution in [3.05, 3.63) is 52.9 Å². The summed E-state index contributed by atoms with van der Waals surface area (Å²) in [7, 11) is 0. The number of nitrogens with one attached hydrogen (secondary N) is 1. The molecule has 2 aromatic heterocycles. The molecule has 3 fully saturated rings. The molecule has 0 bridgehead atoms. The lowest BCUT2D eigenvalue weighted by Crippen LogP contribution is -2.46. The highest BCUT2D eigenvalue weighted by atomic mass is 32.1. The summed E-state index contributed by atoms with van der Waals surface area (Å²) in [6.45, 7) is 7.69. The first-order valence-corrected chi connectivity index (χ1v) is 16.3. The third kappa shape index (κ3) is 6.08. The Balaban J connectivity index is 1.31. The van der Waals surface area contributed by atoms with E-state index in [0.717, 1.165) is 52.2 Å². The van der Waals surface area contributed by atoms with Crippen LogP contribution >= 0.6 is 11.3 Å². The van der Waals surface area contributed by atoms with Crippen LogP contribution < -0.4 is 5.32 Å². The number of hydrogen-bond acceptors (Lipinski definition) is 5. The van der Waals surface area contributed by atoms with E-state index in [4.69, 9.17) is 4.98 Å². The van der Waals surface area contributed by atoms with Gasteiger partial charge in [0, 0.05) is 29.6 Å². The molecule has 1 aromatic carbocycles. The van der Waals surface area contributed by atoms with E-state index in [-0.39, 0.29) is 11.9 Å². The Morgan fingerprint density at radius 3 is 2.44 bits per heavy atom. The lowest BCUT2D eigenvalue weighted by molar-refractivity contribution is 0.0878. The number of aromatic nitrogens is 1. The van der Waals surface area contributed by atoms with Crippen LogP contribution in [-0.4, -0.2) is 59.0 Å². The monoisotopic (exact) mass is 544 g/mol. The molecule has 0 spiro atoms. The van der Waals surface area contributed by atoms with Crippen molar-refractivity contribution in [2.24, 2.45) is 5.92 Å². The standard InChI is InChI=1S/C33H44N4OS/c1-24(25-11-4-2-5-12-25)34-33(38)31-27-13-6-7-14-29(27)35-32(30-15-10-22-39-30)28(31)23-36-20-16-26(17-21-36)37-18-8-3-9-19-37/h6-7,10,13-15,22,24-26H,2-5,8-9,11-12,16-21,23H2,1H3,(H,34,38)/t24-/m1/s1. The molecule has 2 saturated heterocycles. The second-order valence-electron chi connectivity index (χ2n) is 12.1. The molecule has 6 rings (SSSR count). The maximum atomic E-state index is 14.2. The van der Waals surface area contributed by atoms with Crippen molar-refractivity contribution in [3.63, 3.8) is 0 Å². The topological polar surface area (TPSA) is 48.5 Å². The number of carbonyl (C=O) groups is 1. The van der Waals surface area contributed by atoms with E-state index >= 15 is 0 Å². The molecule has 39 heavy (non-hydrogen) atoms. The van der Waals surface area contributed by atoms with Gasteiger partial charge in [-0.1, -0.05) is 49.9 Å². The third-order valence-electron chi connectivity index (χ3n) is 9.54. The predicted molar refractivity (Wildman–Crippen MR) is 162 cm³/mol. The number of likely N-dealkylation sites (tertiary alicyclic amines) is 2. The van der Waals surface area contributed by atoms with E-state index in [1.54, 1.807) is 11.3 Å². The van der Waals surface area contributed by atoms with E-state index in [0.29, 0.717) is 12.0 Å². The molecule has 1 atom stereocenters. The highest BCUT2D eigenvalue weighted by Gasteiger charge is 2.30. The van der Waals surface area contributed by atoms with Crippen molar-refractivity contribution in [1.82, 2.24) is 20.1 Å². The van der Waals surface area contributed by atoms with Crippen molar-refractivity contribution >= 4 is 28.1 Å². The minimum Gasteiger partial charge on any atom is -0.349 e. The fourth-order valence-corrected chi connectivity index (χ4v) is 8.00.